The van der Waals surface area contributed by atoms with E-state index >= 15 is 0 Å². The van der Waals surface area contributed by atoms with E-state index in [1.807, 2.05) is 53.7 Å². The molecule has 0 rings (SSSR count). The van der Waals surface area contributed by atoms with E-state index in [1.165, 1.54) is 0 Å². The molecular formula is C10H20O. The average molecular weight is 156 g/mol. The summed E-state index contributed by atoms with van der Waals surface area (Å²) in [5.74, 6) is 1.90. The third-order valence-electron chi connectivity index (χ3n) is 1.14. The van der Waals surface area contributed by atoms with Crippen molar-refractivity contribution < 1.29 is 4.74 Å². The minimum Gasteiger partial charge on any atom is -0.467 e. The van der Waals surface area contributed by atoms with Crippen LogP contribution >= 0.6 is 0 Å². The van der Waals surface area contributed by atoms with Crippen LogP contribution in [0.1, 0.15) is 41.5 Å². The van der Waals surface area contributed by atoms with E-state index in [4.69, 9.17) is 4.74 Å². The van der Waals surface area contributed by atoms with Gasteiger partial charge in [-0.1, -0.05) is 13.8 Å². The molecule has 0 saturated carbocycles. The Morgan fingerprint density at radius 2 is 1.18 bits per heavy atom. The summed E-state index contributed by atoms with van der Waals surface area (Å²) in [6.07, 6.45) is 3.88. The molecule has 1 heteroatoms. The Labute approximate surface area is 70.8 Å². The van der Waals surface area contributed by atoms with Crippen LogP contribution < -0.4 is 0 Å². The first-order valence-electron chi connectivity index (χ1n) is 4.14. The summed E-state index contributed by atoms with van der Waals surface area (Å²) in [5, 5.41) is 0. The molecule has 0 aliphatic carbocycles. The Kier molecular flexibility index (Phi) is 10.9. The van der Waals surface area contributed by atoms with Crippen LogP contribution in [0, 0.1) is 0 Å². The van der Waals surface area contributed by atoms with Gasteiger partial charge < -0.3 is 4.74 Å². The summed E-state index contributed by atoms with van der Waals surface area (Å²) in [5.41, 5.74) is 0. The molecule has 0 spiro atoms. The van der Waals surface area contributed by atoms with Crippen molar-refractivity contribution in [3.05, 3.63) is 23.7 Å². The molecule has 0 amide bonds. The van der Waals surface area contributed by atoms with Crippen LogP contribution in [0.3, 0.4) is 0 Å². The zero-order chi connectivity index (χ0) is 9.28. The molecule has 11 heavy (non-hydrogen) atoms. The van der Waals surface area contributed by atoms with Gasteiger partial charge in [0.05, 0.1) is 11.5 Å². The highest BCUT2D eigenvalue weighted by atomic mass is 16.5. The fraction of sp³-hybridized carbons (Fsp3) is 0.600. The van der Waals surface area contributed by atoms with Gasteiger partial charge in [-0.25, -0.2) is 0 Å². The maximum atomic E-state index is 5.27. The lowest BCUT2D eigenvalue weighted by Crippen LogP contribution is -1.83. The third kappa shape index (κ3) is 9.28. The molecule has 66 valence electrons. The largest absolute Gasteiger partial charge is 0.467 e. The van der Waals surface area contributed by atoms with Crippen molar-refractivity contribution in [1.82, 2.24) is 0 Å². The van der Waals surface area contributed by atoms with Crippen LogP contribution in [0.2, 0.25) is 0 Å². The molecule has 0 aromatic rings. The number of ether oxygens (including phenoxy) is 1. The number of allylic oxidation sites excluding steroid dienone is 4. The molecule has 0 fully saturated rings. The van der Waals surface area contributed by atoms with Crippen LogP contribution in [-0.2, 0) is 4.74 Å². The predicted molar refractivity (Wildman–Crippen MR) is 51.3 cm³/mol. The minimum absolute atomic E-state index is 0.950. The molecule has 0 radical (unpaired) electrons. The van der Waals surface area contributed by atoms with Gasteiger partial charge in [0.1, 0.15) is 0 Å². The van der Waals surface area contributed by atoms with Crippen molar-refractivity contribution in [2.75, 3.05) is 0 Å². The summed E-state index contributed by atoms with van der Waals surface area (Å²) >= 11 is 0. The minimum atomic E-state index is 0.950. The smallest absolute Gasteiger partial charge is 0.0962 e. The first-order chi connectivity index (χ1) is 5.20. The molecule has 0 bridgehead atoms. The number of hydrogen-bond donors (Lipinski definition) is 0. The van der Waals surface area contributed by atoms with Crippen LogP contribution in [0.15, 0.2) is 23.7 Å². The lowest BCUT2D eigenvalue weighted by atomic mass is 10.5. The van der Waals surface area contributed by atoms with Crippen molar-refractivity contribution in [2.24, 2.45) is 0 Å². The van der Waals surface area contributed by atoms with Crippen LogP contribution in [-0.4, -0.2) is 0 Å². The van der Waals surface area contributed by atoms with Crippen LogP contribution in [0.25, 0.3) is 0 Å². The Balaban J connectivity index is 0. The second kappa shape index (κ2) is 9.28. The molecular weight excluding hydrogens is 136 g/mol. The monoisotopic (exact) mass is 156 g/mol. The molecule has 0 aliphatic rings. The highest BCUT2D eigenvalue weighted by molar-refractivity contribution is 4.94. The fourth-order valence-electron chi connectivity index (χ4n) is 0.372. The molecule has 0 unspecified atom stereocenters. The van der Waals surface area contributed by atoms with Gasteiger partial charge in [0.25, 0.3) is 0 Å². The number of rotatable bonds is 2. The zero-order valence-corrected chi connectivity index (χ0v) is 8.56. The quantitative estimate of drug-likeness (QED) is 0.551. The standard InChI is InChI=1S/C8H14O.C2H6/c1-5-7(3)9-8(4)6-2;1-2/h5-6H,1-4H3;1-2H3/b7-5-,8-6-;. The van der Waals surface area contributed by atoms with Crippen molar-refractivity contribution in [3.8, 4) is 0 Å². The van der Waals surface area contributed by atoms with Crippen molar-refractivity contribution in [2.45, 2.75) is 41.5 Å². The topological polar surface area (TPSA) is 9.23 Å². The van der Waals surface area contributed by atoms with Gasteiger partial charge in [0, 0.05) is 0 Å². The second-order valence-electron chi connectivity index (χ2n) is 1.90. The van der Waals surface area contributed by atoms with Gasteiger partial charge >= 0.3 is 0 Å². The maximum Gasteiger partial charge on any atom is 0.0962 e. The molecule has 1 nitrogen and oxygen atoms in total. The molecule has 0 aromatic heterocycles. The summed E-state index contributed by atoms with van der Waals surface area (Å²) in [6.45, 7) is 11.8. The lowest BCUT2D eigenvalue weighted by Gasteiger charge is -2.02. The Morgan fingerprint density at radius 3 is 1.36 bits per heavy atom. The Hall–Kier alpha value is -0.720. The Morgan fingerprint density at radius 1 is 0.909 bits per heavy atom. The number of hydrogen-bond acceptors (Lipinski definition) is 1. The molecule has 0 aromatic carbocycles. The van der Waals surface area contributed by atoms with E-state index in [9.17, 15) is 0 Å². The summed E-state index contributed by atoms with van der Waals surface area (Å²) in [4.78, 5) is 0. The molecule has 0 aliphatic heterocycles. The van der Waals surface area contributed by atoms with E-state index in [0.717, 1.165) is 11.5 Å². The summed E-state index contributed by atoms with van der Waals surface area (Å²) < 4.78 is 5.27. The van der Waals surface area contributed by atoms with Crippen molar-refractivity contribution in [3.63, 3.8) is 0 Å². The summed E-state index contributed by atoms with van der Waals surface area (Å²) in [6, 6.07) is 0. The van der Waals surface area contributed by atoms with Gasteiger partial charge in [-0.3, -0.25) is 0 Å². The first-order valence-corrected chi connectivity index (χ1v) is 4.14. The van der Waals surface area contributed by atoms with Gasteiger partial charge in [0.2, 0.25) is 0 Å². The zero-order valence-electron chi connectivity index (χ0n) is 8.56. The van der Waals surface area contributed by atoms with Crippen molar-refractivity contribution in [1.29, 1.82) is 0 Å². The molecule has 0 saturated heterocycles. The van der Waals surface area contributed by atoms with Gasteiger partial charge in [0.15, 0.2) is 0 Å². The van der Waals surface area contributed by atoms with E-state index in [2.05, 4.69) is 0 Å². The van der Waals surface area contributed by atoms with E-state index < -0.39 is 0 Å². The highest BCUT2D eigenvalue weighted by Crippen LogP contribution is 2.03. The third-order valence-corrected chi connectivity index (χ3v) is 1.14. The maximum absolute atomic E-state index is 5.27. The first kappa shape index (κ1) is 12.9. The lowest BCUT2D eigenvalue weighted by molar-refractivity contribution is 0.307. The molecule has 0 atom stereocenters. The van der Waals surface area contributed by atoms with E-state index in [1.54, 1.807) is 0 Å². The molecule has 0 heterocycles. The molecule has 0 N–H and O–H groups in total. The fourth-order valence-corrected chi connectivity index (χ4v) is 0.372. The van der Waals surface area contributed by atoms with Crippen LogP contribution in [0.4, 0.5) is 0 Å². The highest BCUT2D eigenvalue weighted by Gasteiger charge is 1.86. The van der Waals surface area contributed by atoms with Gasteiger partial charge in [-0.15, -0.1) is 0 Å². The van der Waals surface area contributed by atoms with E-state index in [-0.39, 0.29) is 0 Å². The van der Waals surface area contributed by atoms with Crippen LogP contribution in [0.5, 0.6) is 0 Å². The van der Waals surface area contributed by atoms with E-state index in [0.29, 0.717) is 0 Å². The summed E-state index contributed by atoms with van der Waals surface area (Å²) in [7, 11) is 0. The SMILES string of the molecule is C/C=C(/C)O/C(C)=C\C.CC. The van der Waals surface area contributed by atoms with Crippen molar-refractivity contribution >= 4 is 0 Å². The Bertz CT molecular complexity index is 116. The normalized spacial score (nSPS) is 11.8. The van der Waals surface area contributed by atoms with Gasteiger partial charge in [-0.2, -0.15) is 0 Å². The predicted octanol–water partition coefficient (Wildman–Crippen LogP) is 3.88. The average Bonchev–Trinajstić information content (AvgIpc) is 2.07. The second-order valence-corrected chi connectivity index (χ2v) is 1.90. The van der Waals surface area contributed by atoms with Gasteiger partial charge in [-0.05, 0) is 39.8 Å².